The fourth-order valence-electron chi connectivity index (χ4n) is 4.13. The third-order valence-corrected chi connectivity index (χ3v) is 5.23. The molecule has 0 aromatic rings. The van der Waals surface area contributed by atoms with Crippen molar-refractivity contribution in [1.29, 1.82) is 0 Å². The van der Waals surface area contributed by atoms with Crippen LogP contribution in [0.3, 0.4) is 0 Å². The summed E-state index contributed by atoms with van der Waals surface area (Å²) in [6, 6.07) is -0.0109. The lowest BCUT2D eigenvalue weighted by atomic mass is 9.77. The highest BCUT2D eigenvalue weighted by molar-refractivity contribution is 7.85. The molecule has 2 aliphatic rings. The van der Waals surface area contributed by atoms with Gasteiger partial charge in [0.2, 0.25) is 0 Å². The van der Waals surface area contributed by atoms with Gasteiger partial charge in [-0.3, -0.25) is 4.18 Å². The first-order valence-corrected chi connectivity index (χ1v) is 9.14. The largest absolute Gasteiger partial charge is 0.465 e. The number of fused-ring (bicyclic) bond motifs is 1. The van der Waals surface area contributed by atoms with Crippen molar-refractivity contribution in [3.8, 4) is 0 Å². The van der Waals surface area contributed by atoms with E-state index in [2.05, 4.69) is 20.8 Å². The van der Waals surface area contributed by atoms with E-state index in [1.54, 1.807) is 4.90 Å². The van der Waals surface area contributed by atoms with Crippen LogP contribution < -0.4 is 0 Å². The molecule has 1 aliphatic carbocycles. The molecule has 1 amide bonds. The minimum atomic E-state index is -3.41. The summed E-state index contributed by atoms with van der Waals surface area (Å²) in [5.41, 5.74) is -0.121. The van der Waals surface area contributed by atoms with Crippen LogP contribution in [-0.4, -0.2) is 50.0 Å². The molecule has 21 heavy (non-hydrogen) atoms. The molecular weight excluding hydrogens is 294 g/mol. The molecule has 0 aromatic carbocycles. The number of amides is 1. The van der Waals surface area contributed by atoms with Crippen LogP contribution in [0, 0.1) is 23.2 Å². The maximum Gasteiger partial charge on any atom is 0.407 e. The molecule has 2 fully saturated rings. The molecule has 1 aliphatic heterocycles. The van der Waals surface area contributed by atoms with Gasteiger partial charge in [-0.15, -0.1) is 0 Å². The summed E-state index contributed by atoms with van der Waals surface area (Å²) in [5.74, 6) is 0.822. The maximum absolute atomic E-state index is 11.5. The predicted octanol–water partition coefficient (Wildman–Crippen LogP) is 2.01. The van der Waals surface area contributed by atoms with Gasteiger partial charge >= 0.3 is 6.09 Å². The van der Waals surface area contributed by atoms with Gasteiger partial charge in [0.05, 0.1) is 12.9 Å². The second-order valence-electron chi connectivity index (χ2n) is 7.50. The highest BCUT2D eigenvalue weighted by Gasteiger charge is 2.52. The first-order chi connectivity index (χ1) is 9.49. The summed E-state index contributed by atoms with van der Waals surface area (Å²) >= 11 is 0. The Morgan fingerprint density at radius 2 is 1.95 bits per heavy atom. The zero-order valence-electron chi connectivity index (χ0n) is 13.1. The molecule has 2 rings (SSSR count). The lowest BCUT2D eigenvalue weighted by Gasteiger charge is -2.37. The van der Waals surface area contributed by atoms with Crippen molar-refractivity contribution < 1.29 is 22.5 Å². The number of carbonyl (C=O) groups is 1. The molecule has 122 valence electrons. The first kappa shape index (κ1) is 16.5. The van der Waals surface area contributed by atoms with E-state index in [0.29, 0.717) is 18.4 Å². The van der Waals surface area contributed by atoms with Gasteiger partial charge < -0.3 is 10.0 Å². The van der Waals surface area contributed by atoms with Gasteiger partial charge in [0.15, 0.2) is 0 Å². The normalized spacial score (nSPS) is 33.2. The van der Waals surface area contributed by atoms with Crippen LogP contribution in [0.2, 0.25) is 0 Å². The summed E-state index contributed by atoms with van der Waals surface area (Å²) in [7, 11) is -3.41. The Bertz CT molecular complexity index is 510. The molecule has 1 heterocycles. The molecule has 7 heteroatoms. The summed E-state index contributed by atoms with van der Waals surface area (Å²) in [6.45, 7) is 6.97. The average Bonchev–Trinajstić information content (AvgIpc) is 2.79. The average molecular weight is 319 g/mol. The third-order valence-electron chi connectivity index (χ3n) is 4.67. The van der Waals surface area contributed by atoms with E-state index in [0.717, 1.165) is 19.1 Å². The summed E-state index contributed by atoms with van der Waals surface area (Å²) < 4.78 is 27.1. The molecule has 0 bridgehead atoms. The van der Waals surface area contributed by atoms with Crippen LogP contribution in [-0.2, 0) is 14.3 Å². The molecule has 0 radical (unpaired) electrons. The number of carboxylic acid groups (broad SMARTS) is 1. The maximum atomic E-state index is 11.5. The van der Waals surface area contributed by atoms with Gasteiger partial charge in [0.25, 0.3) is 10.1 Å². The van der Waals surface area contributed by atoms with Crippen LogP contribution >= 0.6 is 0 Å². The molecule has 0 spiro atoms. The lowest BCUT2D eigenvalue weighted by molar-refractivity contribution is 0.0861. The molecular formula is C14H25NO5S. The highest BCUT2D eigenvalue weighted by atomic mass is 32.2. The van der Waals surface area contributed by atoms with Crippen molar-refractivity contribution in [1.82, 2.24) is 4.90 Å². The van der Waals surface area contributed by atoms with E-state index < -0.39 is 16.2 Å². The Morgan fingerprint density at radius 1 is 1.33 bits per heavy atom. The summed E-state index contributed by atoms with van der Waals surface area (Å²) in [4.78, 5) is 13.0. The SMILES string of the molecule is CC(C)(C)C1[C@H]2CC(COS(C)(=O)=O)C[C@H]2CN1C(=O)O. The quantitative estimate of drug-likeness (QED) is 0.805. The van der Waals surface area contributed by atoms with Crippen molar-refractivity contribution in [2.45, 2.75) is 39.7 Å². The number of rotatable bonds is 3. The minimum Gasteiger partial charge on any atom is -0.465 e. The van der Waals surface area contributed by atoms with Gasteiger partial charge in [-0.1, -0.05) is 20.8 Å². The van der Waals surface area contributed by atoms with Crippen molar-refractivity contribution in [3.63, 3.8) is 0 Å². The van der Waals surface area contributed by atoms with Crippen LogP contribution in [0.1, 0.15) is 33.6 Å². The van der Waals surface area contributed by atoms with E-state index in [9.17, 15) is 18.3 Å². The Hall–Kier alpha value is -0.820. The minimum absolute atomic E-state index is 0.0109. The van der Waals surface area contributed by atoms with Crippen molar-refractivity contribution in [3.05, 3.63) is 0 Å². The number of nitrogens with zero attached hydrogens (tertiary/aromatic N) is 1. The van der Waals surface area contributed by atoms with Crippen LogP contribution in [0.5, 0.6) is 0 Å². The summed E-state index contributed by atoms with van der Waals surface area (Å²) in [5, 5.41) is 9.40. The summed E-state index contributed by atoms with van der Waals surface area (Å²) in [6.07, 6.45) is 1.89. The third kappa shape index (κ3) is 3.69. The van der Waals surface area contributed by atoms with E-state index >= 15 is 0 Å². The smallest absolute Gasteiger partial charge is 0.407 e. The van der Waals surface area contributed by atoms with Crippen molar-refractivity contribution >= 4 is 16.2 Å². The fourth-order valence-corrected chi connectivity index (χ4v) is 4.57. The van der Waals surface area contributed by atoms with E-state index in [1.807, 2.05) is 0 Å². The Morgan fingerprint density at radius 3 is 2.43 bits per heavy atom. The van der Waals surface area contributed by atoms with Crippen LogP contribution in [0.15, 0.2) is 0 Å². The number of hydrogen-bond acceptors (Lipinski definition) is 4. The highest BCUT2D eigenvalue weighted by Crippen LogP contribution is 2.50. The second kappa shape index (κ2) is 5.43. The standard InChI is InChI=1S/C14H25NO5S/c1-14(2,3)12-11-6-9(8-20-21(4,18)19)5-10(11)7-15(12)13(16)17/h9-12H,5-8H2,1-4H3,(H,16,17)/t9?,10-,11-,12?/m0/s1. The molecule has 0 aromatic heterocycles. The molecule has 4 atom stereocenters. The molecule has 6 nitrogen and oxygen atoms in total. The number of hydrogen-bond donors (Lipinski definition) is 1. The van der Waals surface area contributed by atoms with E-state index in [1.165, 1.54) is 0 Å². The van der Waals surface area contributed by atoms with Crippen molar-refractivity contribution in [2.24, 2.45) is 23.2 Å². The van der Waals surface area contributed by atoms with Gasteiger partial charge in [-0.25, -0.2) is 4.79 Å². The van der Waals surface area contributed by atoms with E-state index in [-0.39, 0.29) is 24.0 Å². The Balaban J connectivity index is 2.07. The van der Waals surface area contributed by atoms with E-state index in [4.69, 9.17) is 4.18 Å². The van der Waals surface area contributed by atoms with Crippen LogP contribution in [0.4, 0.5) is 4.79 Å². The fraction of sp³-hybridized carbons (Fsp3) is 0.929. The van der Waals surface area contributed by atoms with Gasteiger partial charge in [-0.2, -0.15) is 8.42 Å². The monoisotopic (exact) mass is 319 g/mol. The molecule has 1 N–H and O–H groups in total. The Kier molecular flexibility index (Phi) is 4.28. The molecule has 1 saturated heterocycles. The molecule has 2 unspecified atom stereocenters. The predicted molar refractivity (Wildman–Crippen MR) is 78.5 cm³/mol. The molecule has 1 saturated carbocycles. The number of likely N-dealkylation sites (tertiary alicyclic amines) is 1. The van der Waals surface area contributed by atoms with Gasteiger partial charge in [0, 0.05) is 12.6 Å². The zero-order chi connectivity index (χ0) is 16.0. The topological polar surface area (TPSA) is 83.9 Å². The zero-order valence-corrected chi connectivity index (χ0v) is 13.9. The van der Waals surface area contributed by atoms with Gasteiger partial charge in [0.1, 0.15) is 0 Å². The van der Waals surface area contributed by atoms with Gasteiger partial charge in [-0.05, 0) is 36.0 Å². The van der Waals surface area contributed by atoms with Crippen LogP contribution in [0.25, 0.3) is 0 Å². The van der Waals surface area contributed by atoms with Crippen molar-refractivity contribution in [2.75, 3.05) is 19.4 Å². The lowest BCUT2D eigenvalue weighted by Crippen LogP contribution is -2.45. The second-order valence-corrected chi connectivity index (χ2v) is 9.14. The Labute approximate surface area is 126 Å². The first-order valence-electron chi connectivity index (χ1n) is 7.33.